The van der Waals surface area contributed by atoms with Crippen molar-refractivity contribution in [3.8, 4) is 0 Å². The third-order valence-corrected chi connectivity index (χ3v) is 1.70. The summed E-state index contributed by atoms with van der Waals surface area (Å²) in [7, 11) is 0. The Morgan fingerprint density at radius 3 is 3.08 bits per heavy atom. The monoisotopic (exact) mass is 199 g/mol. The van der Waals surface area contributed by atoms with Crippen molar-refractivity contribution in [2.24, 2.45) is 0 Å². The molecular formula is C9H7ClFNO. The molecule has 1 rings (SSSR count). The lowest BCUT2D eigenvalue weighted by Gasteiger charge is -1.95. The van der Waals surface area contributed by atoms with Crippen LogP contribution in [-0.4, -0.2) is 11.3 Å². The van der Waals surface area contributed by atoms with Gasteiger partial charge >= 0.3 is 0 Å². The van der Waals surface area contributed by atoms with Gasteiger partial charge in [0.15, 0.2) is 0 Å². The van der Waals surface area contributed by atoms with Gasteiger partial charge in [0, 0.05) is 18.7 Å². The number of hydrogen-bond donors (Lipinski definition) is 0. The maximum Gasteiger partial charge on any atom is 0.213 e. The molecule has 0 amide bonds. The maximum absolute atomic E-state index is 12.6. The van der Waals surface area contributed by atoms with Crippen molar-refractivity contribution in [3.63, 3.8) is 0 Å². The lowest BCUT2D eigenvalue weighted by molar-refractivity contribution is -0.107. The Morgan fingerprint density at radius 1 is 1.62 bits per heavy atom. The average Bonchev–Trinajstić information content (AvgIpc) is 2.11. The molecule has 68 valence electrons. The zero-order valence-electron chi connectivity index (χ0n) is 6.71. The Bertz CT molecular complexity index is 338. The summed E-state index contributed by atoms with van der Waals surface area (Å²) in [5.41, 5.74) is 0.524. The van der Waals surface area contributed by atoms with Crippen molar-refractivity contribution in [2.75, 3.05) is 0 Å². The first-order valence-corrected chi connectivity index (χ1v) is 4.03. The number of nitrogens with zero attached hydrogens (tertiary/aromatic N) is 1. The molecule has 0 N–H and O–H groups in total. The number of rotatable bonds is 3. The van der Waals surface area contributed by atoms with Gasteiger partial charge in [0.05, 0.1) is 5.02 Å². The van der Waals surface area contributed by atoms with Gasteiger partial charge < -0.3 is 4.79 Å². The molecule has 0 spiro atoms. The lowest BCUT2D eigenvalue weighted by Crippen LogP contribution is -1.84. The second-order valence-electron chi connectivity index (χ2n) is 2.33. The Kier molecular flexibility index (Phi) is 3.58. The van der Waals surface area contributed by atoms with Crippen LogP contribution in [0.25, 0.3) is 6.08 Å². The van der Waals surface area contributed by atoms with E-state index in [1.807, 2.05) is 0 Å². The highest BCUT2D eigenvalue weighted by Crippen LogP contribution is 2.16. The zero-order valence-corrected chi connectivity index (χ0v) is 7.46. The van der Waals surface area contributed by atoms with E-state index >= 15 is 0 Å². The fourth-order valence-corrected chi connectivity index (χ4v) is 0.972. The molecule has 13 heavy (non-hydrogen) atoms. The first-order valence-electron chi connectivity index (χ1n) is 3.65. The summed E-state index contributed by atoms with van der Waals surface area (Å²) in [6.07, 6.45) is 5.47. The Labute approximate surface area is 80.1 Å². The first kappa shape index (κ1) is 9.86. The molecule has 1 aromatic rings. The highest BCUT2D eigenvalue weighted by Gasteiger charge is 1.98. The Morgan fingerprint density at radius 2 is 2.38 bits per heavy atom. The number of hydrogen-bond acceptors (Lipinski definition) is 2. The molecule has 0 aliphatic carbocycles. The van der Waals surface area contributed by atoms with Gasteiger partial charge in [-0.3, -0.25) is 0 Å². The minimum atomic E-state index is -0.588. The largest absolute Gasteiger partial charge is 0.303 e. The molecule has 0 fully saturated rings. The zero-order chi connectivity index (χ0) is 9.68. The third kappa shape index (κ3) is 2.95. The van der Waals surface area contributed by atoms with Crippen molar-refractivity contribution in [1.82, 2.24) is 4.98 Å². The molecule has 0 bridgehead atoms. The summed E-state index contributed by atoms with van der Waals surface area (Å²) < 4.78 is 12.6. The Hall–Kier alpha value is -1.22. The van der Waals surface area contributed by atoms with E-state index < -0.39 is 5.95 Å². The normalized spacial score (nSPS) is 10.6. The van der Waals surface area contributed by atoms with Gasteiger partial charge in [-0.1, -0.05) is 23.8 Å². The van der Waals surface area contributed by atoms with E-state index in [1.54, 1.807) is 12.2 Å². The van der Waals surface area contributed by atoms with Crippen LogP contribution in [-0.2, 0) is 4.79 Å². The van der Waals surface area contributed by atoms with E-state index in [9.17, 15) is 9.18 Å². The predicted molar refractivity (Wildman–Crippen MR) is 48.9 cm³/mol. The third-order valence-electron chi connectivity index (χ3n) is 1.38. The molecule has 0 aliphatic rings. The van der Waals surface area contributed by atoms with Crippen molar-refractivity contribution >= 4 is 24.0 Å². The fourth-order valence-electron chi connectivity index (χ4n) is 0.806. The summed E-state index contributed by atoms with van der Waals surface area (Å²) in [5.74, 6) is -0.588. The van der Waals surface area contributed by atoms with Gasteiger partial charge in [-0.15, -0.1) is 0 Å². The second-order valence-corrected chi connectivity index (χ2v) is 2.74. The summed E-state index contributed by atoms with van der Waals surface area (Å²) in [6, 6.07) is 1.21. The molecule has 0 saturated carbocycles. The molecule has 1 aromatic heterocycles. The summed E-state index contributed by atoms with van der Waals surface area (Å²) in [5, 5.41) is 0.364. The quantitative estimate of drug-likeness (QED) is 0.553. The van der Waals surface area contributed by atoms with Crippen LogP contribution in [0.4, 0.5) is 4.39 Å². The molecule has 0 radical (unpaired) electrons. The van der Waals surface area contributed by atoms with Crippen molar-refractivity contribution in [2.45, 2.75) is 6.42 Å². The summed E-state index contributed by atoms with van der Waals surface area (Å²) in [6.45, 7) is 0. The van der Waals surface area contributed by atoms with Crippen LogP contribution in [0.1, 0.15) is 12.0 Å². The van der Waals surface area contributed by atoms with Crippen LogP contribution >= 0.6 is 11.6 Å². The van der Waals surface area contributed by atoms with Crippen LogP contribution < -0.4 is 0 Å². The minimum Gasteiger partial charge on any atom is -0.303 e. The lowest BCUT2D eigenvalue weighted by atomic mass is 10.2. The van der Waals surface area contributed by atoms with Crippen molar-refractivity contribution in [3.05, 3.63) is 34.9 Å². The standard InChI is InChI=1S/C9H7ClFNO/c10-8-6-12-9(11)5-7(8)3-1-2-4-13/h1,3-6H,2H2. The van der Waals surface area contributed by atoms with Gasteiger partial charge in [0.1, 0.15) is 6.29 Å². The van der Waals surface area contributed by atoms with E-state index in [2.05, 4.69) is 4.98 Å². The molecule has 2 nitrogen and oxygen atoms in total. The van der Waals surface area contributed by atoms with Crippen LogP contribution in [0.3, 0.4) is 0 Å². The van der Waals surface area contributed by atoms with Gasteiger partial charge in [-0.2, -0.15) is 4.39 Å². The fraction of sp³-hybridized carbons (Fsp3) is 0.111. The highest BCUT2D eigenvalue weighted by molar-refractivity contribution is 6.31. The van der Waals surface area contributed by atoms with Crippen molar-refractivity contribution in [1.29, 1.82) is 0 Å². The van der Waals surface area contributed by atoms with E-state index in [-0.39, 0.29) is 0 Å². The molecule has 4 heteroatoms. The number of aromatic nitrogens is 1. The van der Waals surface area contributed by atoms with Crippen LogP contribution in [0.15, 0.2) is 18.3 Å². The summed E-state index contributed by atoms with van der Waals surface area (Å²) >= 11 is 5.71. The van der Waals surface area contributed by atoms with E-state index in [4.69, 9.17) is 11.6 Å². The van der Waals surface area contributed by atoms with Crippen LogP contribution in [0.2, 0.25) is 5.02 Å². The molecule has 1 heterocycles. The number of aldehydes is 1. The Balaban J connectivity index is 2.86. The predicted octanol–water partition coefficient (Wildman–Crippen LogP) is 2.48. The molecule has 0 saturated heterocycles. The smallest absolute Gasteiger partial charge is 0.213 e. The second kappa shape index (κ2) is 4.72. The SMILES string of the molecule is O=CCC=Cc1cc(F)ncc1Cl. The van der Waals surface area contributed by atoms with E-state index in [0.717, 1.165) is 6.29 Å². The number of halogens is 2. The minimum absolute atomic E-state index is 0.292. The van der Waals surface area contributed by atoms with Crippen LogP contribution in [0.5, 0.6) is 0 Å². The summed E-state index contributed by atoms with van der Waals surface area (Å²) in [4.78, 5) is 13.3. The topological polar surface area (TPSA) is 30.0 Å². The first-order chi connectivity index (χ1) is 6.24. The molecule has 0 unspecified atom stereocenters. The molecule has 0 aromatic carbocycles. The van der Waals surface area contributed by atoms with Crippen LogP contribution in [0, 0.1) is 5.95 Å². The number of carbonyl (C=O) groups is 1. The molecule has 0 atom stereocenters. The van der Waals surface area contributed by atoms with E-state index in [1.165, 1.54) is 12.3 Å². The molecular weight excluding hydrogens is 193 g/mol. The average molecular weight is 200 g/mol. The number of allylic oxidation sites excluding steroid dienone is 1. The van der Waals surface area contributed by atoms with Gasteiger partial charge in [0.25, 0.3) is 0 Å². The van der Waals surface area contributed by atoms with Crippen molar-refractivity contribution < 1.29 is 9.18 Å². The van der Waals surface area contributed by atoms with Gasteiger partial charge in [-0.25, -0.2) is 4.98 Å². The van der Waals surface area contributed by atoms with Gasteiger partial charge in [0.2, 0.25) is 5.95 Å². The van der Waals surface area contributed by atoms with Gasteiger partial charge in [-0.05, 0) is 5.56 Å². The van der Waals surface area contributed by atoms with E-state index in [0.29, 0.717) is 17.0 Å². The number of carbonyl (C=O) groups excluding carboxylic acids is 1. The highest BCUT2D eigenvalue weighted by atomic mass is 35.5. The maximum atomic E-state index is 12.6. The number of pyridine rings is 1. The molecule has 0 aliphatic heterocycles.